The lowest BCUT2D eigenvalue weighted by molar-refractivity contribution is -0.0170. The van der Waals surface area contributed by atoms with Crippen LogP contribution in [0.25, 0.3) is 0 Å². The number of methoxy groups -OCH3 is 1. The molecule has 1 aliphatic heterocycles. The molecule has 1 saturated carbocycles. The van der Waals surface area contributed by atoms with E-state index in [0.29, 0.717) is 31.9 Å². The van der Waals surface area contributed by atoms with Crippen molar-refractivity contribution in [1.82, 2.24) is 5.32 Å². The number of hydrogen-bond acceptors (Lipinski definition) is 5. The van der Waals surface area contributed by atoms with E-state index in [1.807, 2.05) is 0 Å². The fourth-order valence-corrected chi connectivity index (χ4v) is 2.81. The van der Waals surface area contributed by atoms with E-state index in [0.717, 1.165) is 38.7 Å². The maximum atomic E-state index is 9.85. The van der Waals surface area contributed by atoms with Gasteiger partial charge in [-0.2, -0.15) is 0 Å². The first-order chi connectivity index (χ1) is 9.28. The lowest BCUT2D eigenvalue weighted by Crippen LogP contribution is -2.37. The maximum Gasteiger partial charge on any atom is 0.0897 e. The fraction of sp³-hybridized carbons (Fsp3) is 1.00. The molecule has 4 atom stereocenters. The summed E-state index contributed by atoms with van der Waals surface area (Å²) in [5.41, 5.74) is 0. The number of ether oxygens (including phenoxy) is 3. The Hall–Kier alpha value is -0.200. The number of aliphatic hydroxyl groups is 1. The third-order valence-corrected chi connectivity index (χ3v) is 4.00. The minimum Gasteiger partial charge on any atom is -0.389 e. The van der Waals surface area contributed by atoms with Crippen LogP contribution in [0.4, 0.5) is 0 Å². The van der Waals surface area contributed by atoms with Crippen molar-refractivity contribution in [2.45, 2.75) is 56.5 Å². The highest BCUT2D eigenvalue weighted by atomic mass is 16.5. The lowest BCUT2D eigenvalue weighted by Gasteiger charge is -2.17. The number of nitrogens with one attached hydrogen (secondary N) is 1. The van der Waals surface area contributed by atoms with Crippen molar-refractivity contribution in [2.75, 3.05) is 33.5 Å². The van der Waals surface area contributed by atoms with Crippen LogP contribution in [0.5, 0.6) is 0 Å². The Labute approximate surface area is 115 Å². The smallest absolute Gasteiger partial charge is 0.0897 e. The normalized spacial score (nSPS) is 32.8. The highest BCUT2D eigenvalue weighted by Crippen LogP contribution is 2.21. The first kappa shape index (κ1) is 15.2. The summed E-state index contributed by atoms with van der Waals surface area (Å²) in [6, 6.07) is 0.470. The van der Waals surface area contributed by atoms with Crippen molar-refractivity contribution >= 4 is 0 Å². The Bertz CT molecular complexity index is 246. The predicted octanol–water partition coefficient (Wildman–Crippen LogP) is 0.700. The van der Waals surface area contributed by atoms with Gasteiger partial charge in [0.05, 0.1) is 31.5 Å². The van der Waals surface area contributed by atoms with Crippen LogP contribution in [-0.4, -0.2) is 62.9 Å². The van der Waals surface area contributed by atoms with Crippen LogP contribution in [0.3, 0.4) is 0 Å². The van der Waals surface area contributed by atoms with Crippen LogP contribution in [0, 0.1) is 0 Å². The van der Waals surface area contributed by atoms with Crippen molar-refractivity contribution in [2.24, 2.45) is 0 Å². The van der Waals surface area contributed by atoms with E-state index in [-0.39, 0.29) is 6.10 Å². The van der Waals surface area contributed by atoms with Gasteiger partial charge in [-0.3, -0.25) is 0 Å². The third kappa shape index (κ3) is 5.36. The first-order valence-corrected chi connectivity index (χ1v) is 7.41. The average molecular weight is 273 g/mol. The van der Waals surface area contributed by atoms with Gasteiger partial charge in [-0.25, -0.2) is 0 Å². The van der Waals surface area contributed by atoms with Gasteiger partial charge in [0.2, 0.25) is 0 Å². The molecule has 112 valence electrons. The van der Waals surface area contributed by atoms with Gasteiger partial charge in [-0.15, -0.1) is 0 Å². The van der Waals surface area contributed by atoms with Crippen LogP contribution in [-0.2, 0) is 14.2 Å². The van der Waals surface area contributed by atoms with Gasteiger partial charge in [-0.05, 0) is 32.1 Å². The molecule has 4 unspecified atom stereocenters. The van der Waals surface area contributed by atoms with Crippen molar-refractivity contribution in [3.05, 3.63) is 0 Å². The third-order valence-electron chi connectivity index (χ3n) is 4.00. The summed E-state index contributed by atoms with van der Waals surface area (Å²) in [6.45, 7) is 2.42. The summed E-state index contributed by atoms with van der Waals surface area (Å²) in [4.78, 5) is 0. The summed E-state index contributed by atoms with van der Waals surface area (Å²) in [7, 11) is 1.76. The van der Waals surface area contributed by atoms with E-state index >= 15 is 0 Å². The van der Waals surface area contributed by atoms with Gasteiger partial charge in [0, 0.05) is 26.3 Å². The number of hydrogen-bond donors (Lipinski definition) is 2. The predicted molar refractivity (Wildman–Crippen MR) is 72.2 cm³/mol. The molecule has 1 saturated heterocycles. The SMILES string of the molecule is COC1CCC(NCC(O)COCC2CCCO2)C1. The van der Waals surface area contributed by atoms with E-state index in [9.17, 15) is 5.11 Å². The molecule has 0 spiro atoms. The van der Waals surface area contributed by atoms with E-state index in [1.54, 1.807) is 7.11 Å². The summed E-state index contributed by atoms with van der Waals surface area (Å²) < 4.78 is 16.3. The maximum absolute atomic E-state index is 9.85. The molecular formula is C14H27NO4. The van der Waals surface area contributed by atoms with Gasteiger partial charge >= 0.3 is 0 Å². The Balaban J connectivity index is 1.48. The molecular weight excluding hydrogens is 246 g/mol. The van der Waals surface area contributed by atoms with E-state index in [4.69, 9.17) is 14.2 Å². The largest absolute Gasteiger partial charge is 0.389 e. The highest BCUT2D eigenvalue weighted by Gasteiger charge is 2.24. The summed E-state index contributed by atoms with van der Waals surface area (Å²) in [5.74, 6) is 0. The Kier molecular flexibility index (Phi) is 6.53. The molecule has 1 aliphatic carbocycles. The van der Waals surface area contributed by atoms with Crippen LogP contribution < -0.4 is 5.32 Å². The van der Waals surface area contributed by atoms with Gasteiger partial charge in [0.15, 0.2) is 0 Å². The van der Waals surface area contributed by atoms with Gasteiger partial charge < -0.3 is 24.6 Å². The van der Waals surface area contributed by atoms with Crippen molar-refractivity contribution < 1.29 is 19.3 Å². The number of rotatable bonds is 8. The fourth-order valence-electron chi connectivity index (χ4n) is 2.81. The quantitative estimate of drug-likeness (QED) is 0.682. The monoisotopic (exact) mass is 273 g/mol. The first-order valence-electron chi connectivity index (χ1n) is 7.41. The Morgan fingerprint density at radius 3 is 2.95 bits per heavy atom. The number of aliphatic hydroxyl groups excluding tert-OH is 1. The van der Waals surface area contributed by atoms with Crippen LogP contribution >= 0.6 is 0 Å². The van der Waals surface area contributed by atoms with E-state index in [1.165, 1.54) is 0 Å². The summed E-state index contributed by atoms with van der Waals surface area (Å²) >= 11 is 0. The zero-order valence-corrected chi connectivity index (χ0v) is 11.8. The molecule has 0 aromatic rings. The zero-order valence-electron chi connectivity index (χ0n) is 11.8. The van der Waals surface area contributed by atoms with Gasteiger partial charge in [0.1, 0.15) is 0 Å². The Morgan fingerprint density at radius 1 is 1.37 bits per heavy atom. The second-order valence-electron chi connectivity index (χ2n) is 5.60. The molecule has 2 aliphatic rings. The van der Waals surface area contributed by atoms with Crippen LogP contribution in [0.1, 0.15) is 32.1 Å². The van der Waals surface area contributed by atoms with Crippen molar-refractivity contribution in [1.29, 1.82) is 0 Å². The zero-order chi connectivity index (χ0) is 13.5. The molecule has 2 fully saturated rings. The topological polar surface area (TPSA) is 60.0 Å². The minimum atomic E-state index is -0.442. The minimum absolute atomic E-state index is 0.234. The van der Waals surface area contributed by atoms with E-state index < -0.39 is 6.10 Å². The standard InChI is InChI=1S/C14H27NO4/c1-17-13-5-4-11(7-13)15-8-12(16)9-18-10-14-3-2-6-19-14/h11-16H,2-10H2,1H3. The van der Waals surface area contributed by atoms with Crippen LogP contribution in [0.15, 0.2) is 0 Å². The van der Waals surface area contributed by atoms with Crippen molar-refractivity contribution in [3.8, 4) is 0 Å². The van der Waals surface area contributed by atoms with Crippen LogP contribution in [0.2, 0.25) is 0 Å². The molecule has 0 bridgehead atoms. The second-order valence-corrected chi connectivity index (χ2v) is 5.60. The lowest BCUT2D eigenvalue weighted by atomic mass is 10.2. The molecule has 2 N–H and O–H groups in total. The summed E-state index contributed by atoms with van der Waals surface area (Å²) in [5, 5.41) is 13.2. The molecule has 19 heavy (non-hydrogen) atoms. The van der Waals surface area contributed by atoms with Gasteiger partial charge in [-0.1, -0.05) is 0 Å². The van der Waals surface area contributed by atoms with Gasteiger partial charge in [0.25, 0.3) is 0 Å². The second kappa shape index (κ2) is 8.17. The molecule has 2 rings (SSSR count). The average Bonchev–Trinajstić information content (AvgIpc) is 3.07. The van der Waals surface area contributed by atoms with Crippen molar-refractivity contribution in [3.63, 3.8) is 0 Å². The molecule has 5 heteroatoms. The van der Waals surface area contributed by atoms with E-state index in [2.05, 4.69) is 5.32 Å². The highest BCUT2D eigenvalue weighted by molar-refractivity contribution is 4.81. The molecule has 5 nitrogen and oxygen atoms in total. The molecule has 0 aromatic heterocycles. The molecule has 1 heterocycles. The molecule has 0 radical (unpaired) electrons. The Morgan fingerprint density at radius 2 is 2.26 bits per heavy atom. The molecule has 0 amide bonds. The molecule has 0 aromatic carbocycles. The summed E-state index contributed by atoms with van der Waals surface area (Å²) in [6.07, 6.45) is 5.66.